The molecule has 3 aromatic rings. The molecule has 0 aliphatic carbocycles. The molecule has 4 rings (SSSR count). The second kappa shape index (κ2) is 7.98. The molecule has 30 heavy (non-hydrogen) atoms. The zero-order valence-electron chi connectivity index (χ0n) is 14.9. The van der Waals surface area contributed by atoms with E-state index in [1.165, 1.54) is 30.3 Å². The monoisotopic (exact) mass is 460 g/mol. The highest BCUT2D eigenvalue weighted by molar-refractivity contribution is 8.19. The number of anilines is 1. The number of furan rings is 1. The Morgan fingerprint density at radius 3 is 2.57 bits per heavy atom. The highest BCUT2D eigenvalue weighted by atomic mass is 35.5. The summed E-state index contributed by atoms with van der Waals surface area (Å²) >= 11 is 12.9. The van der Waals surface area contributed by atoms with Crippen molar-refractivity contribution in [2.45, 2.75) is 0 Å². The van der Waals surface area contributed by atoms with Gasteiger partial charge in [-0.1, -0.05) is 29.3 Å². The third-order valence-corrected chi connectivity index (χ3v) is 5.61. The Bertz CT molecular complexity index is 1240. The van der Waals surface area contributed by atoms with Crippen LogP contribution in [-0.2, 0) is 4.79 Å². The van der Waals surface area contributed by atoms with Crippen LogP contribution in [0.25, 0.3) is 17.4 Å². The fourth-order valence-electron chi connectivity index (χ4n) is 2.83. The summed E-state index contributed by atoms with van der Waals surface area (Å²) in [6, 6.07) is 13.7. The number of carbonyl (C=O) groups is 2. The minimum atomic E-state index is -0.542. The van der Waals surface area contributed by atoms with Crippen LogP contribution in [0, 0.1) is 10.1 Å². The number of nitro groups is 1. The molecule has 2 heterocycles. The molecule has 0 radical (unpaired) electrons. The first-order chi connectivity index (χ1) is 14.3. The number of rotatable bonds is 4. The molecular formula is C20H10Cl2N2O5S. The lowest BCUT2D eigenvalue weighted by atomic mass is 10.1. The summed E-state index contributed by atoms with van der Waals surface area (Å²) in [5.41, 5.74) is 0.713. The highest BCUT2D eigenvalue weighted by Crippen LogP contribution is 2.38. The van der Waals surface area contributed by atoms with Crippen LogP contribution in [0.1, 0.15) is 5.76 Å². The normalized spacial score (nSPS) is 15.3. The van der Waals surface area contributed by atoms with E-state index in [1.54, 1.807) is 30.3 Å². The molecule has 10 heteroatoms. The zero-order valence-corrected chi connectivity index (χ0v) is 17.2. The van der Waals surface area contributed by atoms with Gasteiger partial charge in [0.1, 0.15) is 11.5 Å². The van der Waals surface area contributed by atoms with E-state index in [-0.39, 0.29) is 15.6 Å². The van der Waals surface area contributed by atoms with Crippen LogP contribution in [0.2, 0.25) is 10.0 Å². The van der Waals surface area contributed by atoms with Gasteiger partial charge in [0.25, 0.3) is 16.8 Å². The summed E-state index contributed by atoms with van der Waals surface area (Å²) in [6.45, 7) is 0. The maximum Gasteiger partial charge on any atom is 0.298 e. The Kier molecular flexibility index (Phi) is 5.38. The number of imide groups is 1. The van der Waals surface area contributed by atoms with E-state index >= 15 is 0 Å². The Morgan fingerprint density at radius 1 is 1.07 bits per heavy atom. The van der Waals surface area contributed by atoms with Crippen molar-refractivity contribution in [1.82, 2.24) is 0 Å². The standard InChI is InChI=1S/C20H10Cl2N2O5S/c21-11-2-1-3-12(8-11)23-19(25)18(30-20(23)26)10-14-5-7-17(29-14)15-6-4-13(24(27)28)9-16(15)22/h1-10H/b18-10+. The van der Waals surface area contributed by atoms with Gasteiger partial charge in [0, 0.05) is 28.8 Å². The molecule has 1 aliphatic rings. The first-order valence-electron chi connectivity index (χ1n) is 8.41. The van der Waals surface area contributed by atoms with Crippen LogP contribution in [0.5, 0.6) is 0 Å². The maximum atomic E-state index is 12.7. The topological polar surface area (TPSA) is 93.7 Å². The predicted molar refractivity (Wildman–Crippen MR) is 116 cm³/mol. The molecule has 2 aromatic carbocycles. The maximum absolute atomic E-state index is 12.7. The van der Waals surface area contributed by atoms with Crippen molar-refractivity contribution in [2.75, 3.05) is 4.90 Å². The Morgan fingerprint density at radius 2 is 1.87 bits per heavy atom. The van der Waals surface area contributed by atoms with E-state index in [9.17, 15) is 19.7 Å². The molecule has 1 fully saturated rings. The van der Waals surface area contributed by atoms with Gasteiger partial charge >= 0.3 is 0 Å². The van der Waals surface area contributed by atoms with Crippen molar-refractivity contribution in [1.29, 1.82) is 0 Å². The van der Waals surface area contributed by atoms with E-state index < -0.39 is 16.1 Å². The van der Waals surface area contributed by atoms with Crippen molar-refractivity contribution < 1.29 is 18.9 Å². The SMILES string of the molecule is O=C1S/C(=C/c2ccc(-c3ccc([N+](=O)[O-])cc3Cl)o2)C(=O)N1c1cccc(Cl)c1. The van der Waals surface area contributed by atoms with Gasteiger partial charge in [-0.05, 0) is 48.2 Å². The lowest BCUT2D eigenvalue weighted by Crippen LogP contribution is -2.27. The van der Waals surface area contributed by atoms with Crippen LogP contribution < -0.4 is 4.90 Å². The number of non-ortho nitro benzene ring substituents is 1. The van der Waals surface area contributed by atoms with Crippen molar-refractivity contribution in [2.24, 2.45) is 0 Å². The number of hydrogen-bond donors (Lipinski definition) is 0. The lowest BCUT2D eigenvalue weighted by Gasteiger charge is -2.12. The molecule has 0 unspecified atom stereocenters. The van der Waals surface area contributed by atoms with Crippen LogP contribution in [-0.4, -0.2) is 16.1 Å². The van der Waals surface area contributed by atoms with Gasteiger partial charge in [0.15, 0.2) is 0 Å². The zero-order chi connectivity index (χ0) is 21.4. The molecule has 0 saturated carbocycles. The quantitative estimate of drug-likeness (QED) is 0.254. The van der Waals surface area contributed by atoms with Gasteiger partial charge in [-0.2, -0.15) is 0 Å². The summed E-state index contributed by atoms with van der Waals surface area (Å²) in [5.74, 6) is 0.213. The Labute approximate surface area is 184 Å². The van der Waals surface area contributed by atoms with E-state index in [0.29, 0.717) is 27.8 Å². The number of halogens is 2. The summed E-state index contributed by atoms with van der Waals surface area (Å²) in [6.07, 6.45) is 1.46. The first-order valence-corrected chi connectivity index (χ1v) is 9.98. The molecule has 0 bridgehead atoms. The largest absolute Gasteiger partial charge is 0.457 e. The third kappa shape index (κ3) is 3.85. The van der Waals surface area contributed by atoms with Gasteiger partial charge in [-0.15, -0.1) is 0 Å². The lowest BCUT2D eigenvalue weighted by molar-refractivity contribution is -0.384. The molecule has 0 spiro atoms. The molecule has 7 nitrogen and oxygen atoms in total. The van der Waals surface area contributed by atoms with Crippen LogP contribution in [0.3, 0.4) is 0 Å². The molecule has 2 amide bonds. The molecule has 0 atom stereocenters. The molecule has 1 aliphatic heterocycles. The van der Waals surface area contributed by atoms with Crippen molar-refractivity contribution >= 4 is 63.6 Å². The number of nitrogens with zero attached hydrogens (tertiary/aromatic N) is 2. The highest BCUT2D eigenvalue weighted by Gasteiger charge is 2.36. The van der Waals surface area contributed by atoms with Gasteiger partial charge in [-0.25, -0.2) is 4.90 Å². The minimum Gasteiger partial charge on any atom is -0.457 e. The number of carbonyl (C=O) groups excluding carboxylic acids is 2. The number of thioether (sulfide) groups is 1. The van der Waals surface area contributed by atoms with E-state index in [4.69, 9.17) is 27.6 Å². The molecule has 1 aromatic heterocycles. The van der Waals surface area contributed by atoms with E-state index in [1.807, 2.05) is 0 Å². The molecule has 0 N–H and O–H groups in total. The molecule has 150 valence electrons. The summed E-state index contributed by atoms with van der Waals surface area (Å²) in [5, 5.41) is 11.0. The third-order valence-electron chi connectivity index (χ3n) is 4.19. The second-order valence-electron chi connectivity index (χ2n) is 6.12. The van der Waals surface area contributed by atoms with Crippen molar-refractivity contribution in [3.05, 3.63) is 85.4 Å². The predicted octanol–water partition coefficient (Wildman–Crippen LogP) is 6.40. The minimum absolute atomic E-state index is 0.134. The Hall–Kier alpha value is -3.07. The first kappa shape index (κ1) is 20.2. The average molecular weight is 461 g/mol. The average Bonchev–Trinajstić information content (AvgIpc) is 3.26. The number of hydrogen-bond acceptors (Lipinski definition) is 6. The fraction of sp³-hybridized carbons (Fsp3) is 0. The van der Waals surface area contributed by atoms with E-state index in [0.717, 1.165) is 16.7 Å². The van der Waals surface area contributed by atoms with Gasteiger partial charge in [0.05, 0.1) is 20.5 Å². The van der Waals surface area contributed by atoms with Crippen molar-refractivity contribution in [3.63, 3.8) is 0 Å². The van der Waals surface area contributed by atoms with Gasteiger partial charge in [-0.3, -0.25) is 19.7 Å². The van der Waals surface area contributed by atoms with Crippen LogP contribution in [0.15, 0.2) is 63.9 Å². The fourth-order valence-corrected chi connectivity index (χ4v) is 4.10. The number of benzene rings is 2. The smallest absolute Gasteiger partial charge is 0.298 e. The summed E-state index contributed by atoms with van der Waals surface area (Å²) in [4.78, 5) is 36.6. The number of amides is 2. The molecule has 1 saturated heterocycles. The van der Waals surface area contributed by atoms with Gasteiger partial charge in [0.2, 0.25) is 0 Å². The van der Waals surface area contributed by atoms with E-state index in [2.05, 4.69) is 0 Å². The number of nitro benzene ring substituents is 1. The van der Waals surface area contributed by atoms with Crippen molar-refractivity contribution in [3.8, 4) is 11.3 Å². The second-order valence-corrected chi connectivity index (χ2v) is 7.96. The Balaban J connectivity index is 1.61. The van der Waals surface area contributed by atoms with Crippen LogP contribution in [0.4, 0.5) is 16.2 Å². The summed E-state index contributed by atoms with van der Waals surface area (Å²) < 4.78 is 5.71. The van der Waals surface area contributed by atoms with Gasteiger partial charge < -0.3 is 4.42 Å². The van der Waals surface area contributed by atoms with Crippen LogP contribution >= 0.6 is 35.0 Å². The summed E-state index contributed by atoms with van der Waals surface area (Å²) in [7, 11) is 0. The molecular weight excluding hydrogens is 451 g/mol.